The SMILES string of the molecule is CC1CCC(N=NC2CCC(C)CC2C)CC1. The van der Waals surface area contributed by atoms with Crippen LogP contribution in [0.5, 0.6) is 0 Å². The molecule has 0 aliphatic heterocycles. The standard InChI is InChI=1S/C15H28N2/c1-11-4-7-14(8-5-11)16-17-15-9-6-12(2)10-13(15)3/h11-15H,4-10H2,1-3H3. The summed E-state index contributed by atoms with van der Waals surface area (Å²) in [5.74, 6) is 2.55. The van der Waals surface area contributed by atoms with E-state index in [1.165, 1.54) is 44.9 Å². The van der Waals surface area contributed by atoms with Crippen molar-refractivity contribution in [3.8, 4) is 0 Å². The maximum Gasteiger partial charge on any atom is 0.0734 e. The van der Waals surface area contributed by atoms with Crippen LogP contribution in [0.15, 0.2) is 10.2 Å². The van der Waals surface area contributed by atoms with Crippen LogP contribution in [0, 0.1) is 17.8 Å². The first-order valence-electron chi connectivity index (χ1n) is 7.55. The molecule has 2 nitrogen and oxygen atoms in total. The molecule has 2 aliphatic carbocycles. The predicted molar refractivity (Wildman–Crippen MR) is 72.2 cm³/mol. The molecule has 2 aliphatic rings. The molecule has 0 radical (unpaired) electrons. The van der Waals surface area contributed by atoms with E-state index >= 15 is 0 Å². The second-order valence-corrected chi connectivity index (χ2v) is 6.61. The average molecular weight is 236 g/mol. The van der Waals surface area contributed by atoms with E-state index in [4.69, 9.17) is 0 Å². The maximum atomic E-state index is 4.67. The smallest absolute Gasteiger partial charge is 0.0734 e. The average Bonchev–Trinajstić information content (AvgIpc) is 2.30. The summed E-state index contributed by atoms with van der Waals surface area (Å²) < 4.78 is 0. The Balaban J connectivity index is 1.79. The zero-order valence-corrected chi connectivity index (χ0v) is 11.7. The van der Waals surface area contributed by atoms with E-state index in [2.05, 4.69) is 31.0 Å². The van der Waals surface area contributed by atoms with Gasteiger partial charge >= 0.3 is 0 Å². The van der Waals surface area contributed by atoms with Gasteiger partial charge in [-0.25, -0.2) is 0 Å². The van der Waals surface area contributed by atoms with Crippen LogP contribution < -0.4 is 0 Å². The summed E-state index contributed by atoms with van der Waals surface area (Å²) in [5.41, 5.74) is 0. The highest BCUT2D eigenvalue weighted by atomic mass is 15.1. The lowest BCUT2D eigenvalue weighted by Crippen LogP contribution is -2.25. The van der Waals surface area contributed by atoms with Gasteiger partial charge in [0.05, 0.1) is 12.1 Å². The Hall–Kier alpha value is -0.400. The Morgan fingerprint density at radius 3 is 2.00 bits per heavy atom. The predicted octanol–water partition coefficient (Wildman–Crippen LogP) is 4.84. The monoisotopic (exact) mass is 236 g/mol. The van der Waals surface area contributed by atoms with Crippen LogP contribution in [-0.4, -0.2) is 12.1 Å². The first kappa shape index (κ1) is 13.0. The third-order valence-electron chi connectivity index (χ3n) is 4.75. The molecule has 3 atom stereocenters. The largest absolute Gasteiger partial charge is 0.191 e. The summed E-state index contributed by atoms with van der Waals surface area (Å²) in [5, 5.41) is 9.31. The Labute approximate surface area is 106 Å². The van der Waals surface area contributed by atoms with Gasteiger partial charge in [0.2, 0.25) is 0 Å². The highest BCUT2D eigenvalue weighted by molar-refractivity contribution is 4.81. The molecule has 2 fully saturated rings. The molecule has 0 heterocycles. The molecular formula is C15H28N2. The van der Waals surface area contributed by atoms with E-state index < -0.39 is 0 Å². The molecule has 0 aromatic heterocycles. The Bertz CT molecular complexity index is 254. The van der Waals surface area contributed by atoms with Crippen LogP contribution >= 0.6 is 0 Å². The van der Waals surface area contributed by atoms with Crippen LogP contribution in [0.4, 0.5) is 0 Å². The Kier molecular flexibility index (Phi) is 4.58. The summed E-state index contributed by atoms with van der Waals surface area (Å²) >= 11 is 0. The number of rotatable bonds is 2. The van der Waals surface area contributed by atoms with Gasteiger partial charge in [0.25, 0.3) is 0 Å². The minimum absolute atomic E-state index is 0.519. The molecule has 0 amide bonds. The molecule has 0 saturated heterocycles. The third-order valence-corrected chi connectivity index (χ3v) is 4.75. The summed E-state index contributed by atoms with van der Waals surface area (Å²) in [6, 6.07) is 1.06. The molecule has 3 unspecified atom stereocenters. The van der Waals surface area contributed by atoms with E-state index in [9.17, 15) is 0 Å². The second kappa shape index (κ2) is 5.97. The van der Waals surface area contributed by atoms with E-state index in [-0.39, 0.29) is 0 Å². The first-order valence-corrected chi connectivity index (χ1v) is 7.55. The Morgan fingerprint density at radius 2 is 1.35 bits per heavy atom. The molecule has 0 aromatic rings. The van der Waals surface area contributed by atoms with Gasteiger partial charge in [-0.15, -0.1) is 0 Å². The minimum Gasteiger partial charge on any atom is -0.191 e. The van der Waals surface area contributed by atoms with E-state index in [0.717, 1.165) is 17.8 Å². The van der Waals surface area contributed by atoms with Crippen LogP contribution in [-0.2, 0) is 0 Å². The fraction of sp³-hybridized carbons (Fsp3) is 1.00. The van der Waals surface area contributed by atoms with Crippen molar-refractivity contribution in [3.63, 3.8) is 0 Å². The lowest BCUT2D eigenvalue weighted by Gasteiger charge is -2.29. The molecule has 0 bridgehead atoms. The number of hydrogen-bond acceptors (Lipinski definition) is 2. The second-order valence-electron chi connectivity index (χ2n) is 6.61. The molecule has 2 saturated carbocycles. The van der Waals surface area contributed by atoms with Crippen LogP contribution in [0.1, 0.15) is 65.7 Å². The van der Waals surface area contributed by atoms with Crippen molar-refractivity contribution < 1.29 is 0 Å². The van der Waals surface area contributed by atoms with E-state index in [1.807, 2.05) is 0 Å². The summed E-state index contributed by atoms with van der Waals surface area (Å²) in [6.07, 6.45) is 9.17. The molecule has 0 N–H and O–H groups in total. The molecule has 0 aromatic carbocycles. The van der Waals surface area contributed by atoms with Gasteiger partial charge in [0.15, 0.2) is 0 Å². The summed E-state index contributed by atoms with van der Waals surface area (Å²) in [7, 11) is 0. The van der Waals surface area contributed by atoms with E-state index in [1.54, 1.807) is 0 Å². The lowest BCUT2D eigenvalue weighted by molar-refractivity contribution is 0.251. The number of hydrogen-bond donors (Lipinski definition) is 0. The van der Waals surface area contributed by atoms with Crippen molar-refractivity contribution in [2.24, 2.45) is 28.0 Å². The zero-order chi connectivity index (χ0) is 12.3. The fourth-order valence-corrected chi connectivity index (χ4v) is 3.36. The Morgan fingerprint density at radius 1 is 0.706 bits per heavy atom. The van der Waals surface area contributed by atoms with Gasteiger partial charge in [-0.3, -0.25) is 0 Å². The highest BCUT2D eigenvalue weighted by Gasteiger charge is 2.25. The lowest BCUT2D eigenvalue weighted by atomic mass is 9.80. The van der Waals surface area contributed by atoms with Gasteiger partial charge < -0.3 is 0 Å². The topological polar surface area (TPSA) is 24.7 Å². The summed E-state index contributed by atoms with van der Waals surface area (Å²) in [4.78, 5) is 0. The first-order chi connectivity index (χ1) is 8.15. The van der Waals surface area contributed by atoms with Crippen molar-refractivity contribution in [2.75, 3.05) is 0 Å². The number of nitrogens with zero attached hydrogens (tertiary/aromatic N) is 2. The molecule has 98 valence electrons. The molecule has 17 heavy (non-hydrogen) atoms. The van der Waals surface area contributed by atoms with Crippen LogP contribution in [0.25, 0.3) is 0 Å². The van der Waals surface area contributed by atoms with Crippen molar-refractivity contribution in [3.05, 3.63) is 0 Å². The molecular weight excluding hydrogens is 208 g/mol. The molecule has 2 heteroatoms. The third kappa shape index (κ3) is 3.79. The van der Waals surface area contributed by atoms with Crippen LogP contribution in [0.2, 0.25) is 0 Å². The minimum atomic E-state index is 0.519. The van der Waals surface area contributed by atoms with Crippen molar-refractivity contribution in [1.29, 1.82) is 0 Å². The van der Waals surface area contributed by atoms with Crippen LogP contribution in [0.3, 0.4) is 0 Å². The van der Waals surface area contributed by atoms with Crippen molar-refractivity contribution >= 4 is 0 Å². The highest BCUT2D eigenvalue weighted by Crippen LogP contribution is 2.32. The van der Waals surface area contributed by atoms with E-state index in [0.29, 0.717) is 12.1 Å². The van der Waals surface area contributed by atoms with Crippen molar-refractivity contribution in [1.82, 2.24) is 0 Å². The zero-order valence-electron chi connectivity index (χ0n) is 11.7. The van der Waals surface area contributed by atoms with Crippen molar-refractivity contribution in [2.45, 2.75) is 77.8 Å². The maximum absolute atomic E-state index is 4.67. The normalized spacial score (nSPS) is 44.1. The molecule has 2 rings (SSSR count). The fourth-order valence-electron chi connectivity index (χ4n) is 3.36. The van der Waals surface area contributed by atoms with Gasteiger partial charge in [0, 0.05) is 0 Å². The summed E-state index contributed by atoms with van der Waals surface area (Å²) in [6.45, 7) is 7.08. The van der Waals surface area contributed by atoms with Gasteiger partial charge in [-0.1, -0.05) is 20.8 Å². The molecule has 0 spiro atoms. The van der Waals surface area contributed by atoms with Gasteiger partial charge in [-0.05, 0) is 62.7 Å². The van der Waals surface area contributed by atoms with Gasteiger partial charge in [0.1, 0.15) is 0 Å². The quantitative estimate of drug-likeness (QED) is 0.613. The van der Waals surface area contributed by atoms with Gasteiger partial charge in [-0.2, -0.15) is 10.2 Å². The number of azo groups is 1.